The topological polar surface area (TPSA) is 64.0 Å². The van der Waals surface area contributed by atoms with Crippen LogP contribution in [0.3, 0.4) is 0 Å². The van der Waals surface area contributed by atoms with Crippen LogP contribution in [0, 0.1) is 13.8 Å². The molecule has 1 aliphatic heterocycles. The molecule has 0 saturated carbocycles. The van der Waals surface area contributed by atoms with Gasteiger partial charge in [0.2, 0.25) is 0 Å². The van der Waals surface area contributed by atoms with E-state index >= 15 is 0 Å². The van der Waals surface area contributed by atoms with Gasteiger partial charge in [-0.1, -0.05) is 27.2 Å². The van der Waals surface area contributed by atoms with E-state index in [2.05, 4.69) is 26.4 Å². The maximum Gasteiger partial charge on any atom is 0.279 e. The van der Waals surface area contributed by atoms with Gasteiger partial charge in [-0.2, -0.15) is 0 Å². The summed E-state index contributed by atoms with van der Waals surface area (Å²) in [7, 11) is 0. The highest BCUT2D eigenvalue weighted by atomic mass is 79.9. The first kappa shape index (κ1) is 18.1. The van der Waals surface area contributed by atoms with Crippen LogP contribution in [-0.4, -0.2) is 43.8 Å². The van der Waals surface area contributed by atoms with Gasteiger partial charge in [0.25, 0.3) is 5.91 Å². The van der Waals surface area contributed by atoms with Gasteiger partial charge < -0.3 is 19.6 Å². The Hall–Kier alpha value is -1.70. The van der Waals surface area contributed by atoms with Gasteiger partial charge in [-0.15, -0.1) is 0 Å². The number of benzene rings is 1. The molecule has 0 unspecified atom stereocenters. The molecule has 7 heteroatoms. The molecular formula is C18H25BrN4O2+2. The van der Waals surface area contributed by atoms with Crippen LogP contribution < -0.4 is 15.1 Å². The van der Waals surface area contributed by atoms with E-state index in [0.29, 0.717) is 6.54 Å². The van der Waals surface area contributed by atoms with Crippen LogP contribution in [0.25, 0.3) is 0 Å². The van der Waals surface area contributed by atoms with Crippen LogP contribution in [0.5, 0.6) is 0 Å². The predicted molar refractivity (Wildman–Crippen MR) is 98.7 cm³/mol. The number of nitrogens with one attached hydrogen (secondary N) is 3. The van der Waals surface area contributed by atoms with E-state index in [9.17, 15) is 4.79 Å². The molecular weight excluding hydrogens is 384 g/mol. The fourth-order valence-corrected chi connectivity index (χ4v) is 3.55. The van der Waals surface area contributed by atoms with Crippen molar-refractivity contribution >= 4 is 27.5 Å². The van der Waals surface area contributed by atoms with Crippen molar-refractivity contribution in [2.75, 3.05) is 38.0 Å². The van der Waals surface area contributed by atoms with Crippen LogP contribution in [0.2, 0.25) is 0 Å². The lowest BCUT2D eigenvalue weighted by Crippen LogP contribution is -3.28. The number of rotatable bonds is 5. The summed E-state index contributed by atoms with van der Waals surface area (Å²) in [5.74, 6) is 0.930. The van der Waals surface area contributed by atoms with Gasteiger partial charge in [0.15, 0.2) is 6.54 Å². The number of quaternary nitrogens is 2. The second kappa shape index (κ2) is 8.12. The molecule has 3 N–H and O–H groups in total. The van der Waals surface area contributed by atoms with E-state index in [4.69, 9.17) is 4.52 Å². The molecule has 3 rings (SSSR count). The van der Waals surface area contributed by atoms with Crippen molar-refractivity contribution in [3.8, 4) is 0 Å². The molecule has 2 aromatic rings. The largest absolute Gasteiger partial charge is 0.361 e. The number of carbonyl (C=O) groups excluding carboxylic acids is 1. The van der Waals surface area contributed by atoms with Gasteiger partial charge in [0.05, 0.1) is 0 Å². The Morgan fingerprint density at radius 3 is 2.56 bits per heavy atom. The second-order valence-corrected chi connectivity index (χ2v) is 7.65. The van der Waals surface area contributed by atoms with E-state index in [0.717, 1.165) is 59.9 Å². The van der Waals surface area contributed by atoms with E-state index in [1.54, 1.807) is 0 Å². The molecule has 1 aromatic heterocycles. The molecule has 0 aliphatic carbocycles. The van der Waals surface area contributed by atoms with Crippen LogP contribution in [0.1, 0.15) is 17.0 Å². The smallest absolute Gasteiger partial charge is 0.279 e. The second-order valence-electron chi connectivity index (χ2n) is 6.79. The molecule has 0 spiro atoms. The number of anilines is 1. The Bertz CT molecular complexity index is 738. The number of aryl methyl sites for hydroxylation is 2. The third kappa shape index (κ3) is 5.14. The Balaban J connectivity index is 1.43. The molecule has 0 radical (unpaired) electrons. The predicted octanol–water partition coefficient (Wildman–Crippen LogP) is -0.0240. The molecule has 2 heterocycles. The molecule has 1 fully saturated rings. The number of nitrogens with zero attached hydrogens (tertiary/aromatic N) is 1. The number of carbonyl (C=O) groups is 1. The fourth-order valence-electron chi connectivity index (χ4n) is 3.17. The van der Waals surface area contributed by atoms with Crippen molar-refractivity contribution in [1.29, 1.82) is 0 Å². The Morgan fingerprint density at radius 2 is 1.92 bits per heavy atom. The first-order chi connectivity index (χ1) is 12.0. The molecule has 1 aromatic carbocycles. The number of piperazine rings is 1. The van der Waals surface area contributed by atoms with Crippen molar-refractivity contribution in [1.82, 2.24) is 5.16 Å². The number of aromatic nitrogens is 1. The van der Waals surface area contributed by atoms with Crippen LogP contribution in [-0.2, 0) is 11.3 Å². The third-order valence-corrected chi connectivity index (χ3v) is 5.49. The molecule has 0 atom stereocenters. The number of hydrogen-bond acceptors (Lipinski definition) is 3. The minimum absolute atomic E-state index is 0.0707. The monoisotopic (exact) mass is 408 g/mol. The Labute approximate surface area is 156 Å². The number of halogens is 1. The van der Waals surface area contributed by atoms with Gasteiger partial charge in [0.1, 0.15) is 44.2 Å². The van der Waals surface area contributed by atoms with E-state index in [1.165, 1.54) is 9.80 Å². The quantitative estimate of drug-likeness (QED) is 0.651. The maximum atomic E-state index is 12.3. The standard InChI is InChI=1S/C18H23BrN4O2/c1-13-3-4-15(10-17(13)19)20-18(24)12-23-7-5-22(6-8-23)11-16-9-14(2)25-21-16/h3-4,9-10H,5-8,11-12H2,1-2H3,(H,20,24)/p+2. The summed E-state index contributed by atoms with van der Waals surface area (Å²) in [6, 6.07) is 7.89. The first-order valence-electron chi connectivity index (χ1n) is 8.65. The van der Waals surface area contributed by atoms with Crippen molar-refractivity contribution < 1.29 is 19.1 Å². The highest BCUT2D eigenvalue weighted by molar-refractivity contribution is 9.10. The lowest BCUT2D eigenvalue weighted by Gasteiger charge is -2.28. The van der Waals surface area contributed by atoms with Gasteiger partial charge in [0, 0.05) is 16.2 Å². The van der Waals surface area contributed by atoms with Crippen LogP contribution in [0.15, 0.2) is 33.3 Å². The molecule has 134 valence electrons. The zero-order valence-corrected chi connectivity index (χ0v) is 16.3. The Morgan fingerprint density at radius 1 is 1.20 bits per heavy atom. The molecule has 25 heavy (non-hydrogen) atoms. The third-order valence-electron chi connectivity index (χ3n) is 4.64. The zero-order chi connectivity index (χ0) is 17.8. The minimum Gasteiger partial charge on any atom is -0.361 e. The molecule has 6 nitrogen and oxygen atoms in total. The zero-order valence-electron chi connectivity index (χ0n) is 14.7. The lowest BCUT2D eigenvalue weighted by molar-refractivity contribution is -1.02. The minimum atomic E-state index is 0.0707. The van der Waals surface area contributed by atoms with Gasteiger partial charge in [-0.25, -0.2) is 0 Å². The van der Waals surface area contributed by atoms with E-state index in [1.807, 2.05) is 38.1 Å². The van der Waals surface area contributed by atoms with Gasteiger partial charge in [-0.3, -0.25) is 4.79 Å². The highest BCUT2D eigenvalue weighted by Crippen LogP contribution is 2.20. The molecule has 0 bridgehead atoms. The molecule has 1 aliphatic rings. The van der Waals surface area contributed by atoms with Crippen molar-refractivity contribution in [3.63, 3.8) is 0 Å². The summed E-state index contributed by atoms with van der Waals surface area (Å²) in [6.45, 7) is 9.45. The van der Waals surface area contributed by atoms with Crippen LogP contribution in [0.4, 0.5) is 5.69 Å². The maximum absolute atomic E-state index is 12.3. The van der Waals surface area contributed by atoms with Crippen molar-refractivity contribution in [3.05, 3.63) is 45.8 Å². The van der Waals surface area contributed by atoms with E-state index in [-0.39, 0.29) is 5.91 Å². The average molecular weight is 409 g/mol. The summed E-state index contributed by atoms with van der Waals surface area (Å²) in [6.07, 6.45) is 0. The highest BCUT2D eigenvalue weighted by Gasteiger charge is 2.25. The van der Waals surface area contributed by atoms with Crippen LogP contribution >= 0.6 is 15.9 Å². The average Bonchev–Trinajstić information content (AvgIpc) is 2.98. The summed E-state index contributed by atoms with van der Waals surface area (Å²) in [5, 5.41) is 7.06. The van der Waals surface area contributed by atoms with Crippen molar-refractivity contribution in [2.45, 2.75) is 20.4 Å². The lowest BCUT2D eigenvalue weighted by atomic mass is 10.2. The summed E-state index contributed by atoms with van der Waals surface area (Å²) >= 11 is 3.50. The normalized spacial score (nSPS) is 20.4. The fraction of sp³-hybridized carbons (Fsp3) is 0.444. The first-order valence-corrected chi connectivity index (χ1v) is 9.44. The SMILES string of the molecule is Cc1cc(C[NH+]2CC[NH+](CC(=O)Nc3ccc(C)c(Br)c3)CC2)no1. The van der Waals surface area contributed by atoms with Gasteiger partial charge in [-0.05, 0) is 31.5 Å². The summed E-state index contributed by atoms with van der Waals surface area (Å²) < 4.78 is 6.14. The summed E-state index contributed by atoms with van der Waals surface area (Å²) in [5.41, 5.74) is 3.01. The number of amides is 1. The summed E-state index contributed by atoms with van der Waals surface area (Å²) in [4.78, 5) is 15.1. The number of hydrogen-bond donors (Lipinski definition) is 3. The van der Waals surface area contributed by atoms with Crippen molar-refractivity contribution in [2.24, 2.45) is 0 Å². The molecule has 1 saturated heterocycles. The molecule has 1 amide bonds. The van der Waals surface area contributed by atoms with Gasteiger partial charge >= 0.3 is 0 Å². The van der Waals surface area contributed by atoms with E-state index < -0.39 is 0 Å². The Kier molecular flexibility index (Phi) is 5.88.